The van der Waals surface area contributed by atoms with Crippen molar-refractivity contribution in [3.63, 3.8) is 0 Å². The van der Waals surface area contributed by atoms with Crippen LogP contribution in [-0.4, -0.2) is 19.5 Å². The number of rotatable bonds is 1. The first-order chi connectivity index (χ1) is 5.76. The molecule has 0 aromatic rings. The van der Waals surface area contributed by atoms with Gasteiger partial charge in [0.15, 0.2) is 9.84 Å². The van der Waals surface area contributed by atoms with Crippen LogP contribution < -0.4 is 11.5 Å². The maximum absolute atomic E-state index is 11.3. The first kappa shape index (κ1) is 10.6. The normalized spacial score (nSPS) is 29.5. The van der Waals surface area contributed by atoms with Crippen molar-refractivity contribution in [2.75, 3.05) is 6.26 Å². The van der Waals surface area contributed by atoms with Gasteiger partial charge in [0.05, 0.1) is 5.03 Å². The summed E-state index contributed by atoms with van der Waals surface area (Å²) < 4.78 is 22.5. The van der Waals surface area contributed by atoms with E-state index in [0.717, 1.165) is 6.26 Å². The molecule has 1 atom stereocenters. The fraction of sp³-hybridized carbons (Fsp3) is 0.429. The maximum atomic E-state index is 11.3. The zero-order valence-electron chi connectivity index (χ0n) is 7.12. The van der Waals surface area contributed by atoms with Gasteiger partial charge in [0.1, 0.15) is 4.87 Å². The highest BCUT2D eigenvalue weighted by Crippen LogP contribution is 2.27. The Balaban J connectivity index is 3.12. The van der Waals surface area contributed by atoms with Crippen LogP contribution in [0, 0.1) is 0 Å². The molecular weight excluding hydrogens is 212 g/mol. The first-order valence-corrected chi connectivity index (χ1v) is 5.85. The molecule has 0 saturated carbocycles. The minimum atomic E-state index is -3.36. The maximum Gasteiger partial charge on any atom is 0.170 e. The number of hydrogen-bond acceptors (Lipinski definition) is 4. The summed E-state index contributed by atoms with van der Waals surface area (Å²) >= 11 is 5.66. The number of sulfone groups is 1. The Morgan fingerprint density at radius 2 is 2.15 bits per heavy atom. The Hall–Kier alpha value is -0.520. The Bertz CT molecular complexity index is 385. The fourth-order valence-electron chi connectivity index (χ4n) is 1.02. The second-order valence-corrected chi connectivity index (χ2v) is 5.82. The van der Waals surface area contributed by atoms with E-state index in [0.29, 0.717) is 10.7 Å². The summed E-state index contributed by atoms with van der Waals surface area (Å²) in [5.74, 6) is 0. The first-order valence-electron chi connectivity index (χ1n) is 3.58. The van der Waals surface area contributed by atoms with E-state index in [4.69, 9.17) is 23.1 Å². The van der Waals surface area contributed by atoms with Gasteiger partial charge in [0.25, 0.3) is 0 Å². The lowest BCUT2D eigenvalue weighted by Gasteiger charge is -2.27. The van der Waals surface area contributed by atoms with E-state index < -0.39 is 14.7 Å². The summed E-state index contributed by atoms with van der Waals surface area (Å²) in [5, 5.41) is 0.352. The molecule has 1 rings (SSSR count). The van der Waals surface area contributed by atoms with Gasteiger partial charge < -0.3 is 11.5 Å². The molecule has 13 heavy (non-hydrogen) atoms. The molecule has 0 aromatic carbocycles. The third-order valence-corrected chi connectivity index (χ3v) is 4.01. The summed E-state index contributed by atoms with van der Waals surface area (Å²) in [4.78, 5) is -1.41. The molecular formula is C7H11ClN2O2S. The van der Waals surface area contributed by atoms with Crippen molar-refractivity contribution >= 4 is 21.4 Å². The largest absolute Gasteiger partial charge is 0.401 e. The average molecular weight is 223 g/mol. The van der Waals surface area contributed by atoms with E-state index in [1.165, 1.54) is 12.2 Å². The lowest BCUT2D eigenvalue weighted by Crippen LogP contribution is -2.47. The Labute approximate surface area is 82.2 Å². The molecule has 6 heteroatoms. The van der Waals surface area contributed by atoms with E-state index in [1.807, 2.05) is 0 Å². The van der Waals surface area contributed by atoms with Crippen LogP contribution in [0.15, 0.2) is 22.9 Å². The van der Waals surface area contributed by atoms with Gasteiger partial charge in [-0.3, -0.25) is 0 Å². The van der Waals surface area contributed by atoms with Crippen LogP contribution in [0.4, 0.5) is 0 Å². The lowest BCUT2D eigenvalue weighted by molar-refractivity contribution is 0.556. The molecule has 4 N–H and O–H groups in total. The van der Waals surface area contributed by atoms with E-state index >= 15 is 0 Å². The van der Waals surface area contributed by atoms with Gasteiger partial charge in [-0.2, -0.15) is 0 Å². The molecule has 0 aliphatic heterocycles. The summed E-state index contributed by atoms with van der Waals surface area (Å²) in [7, 11) is -3.36. The van der Waals surface area contributed by atoms with Crippen LogP contribution in [0.25, 0.3) is 0 Å². The number of hydrogen-bond donors (Lipinski definition) is 2. The summed E-state index contributed by atoms with van der Waals surface area (Å²) in [6.45, 7) is 0. The fourth-order valence-corrected chi connectivity index (χ4v) is 1.88. The molecule has 1 aliphatic carbocycles. The highest BCUT2D eigenvalue weighted by molar-refractivity contribution is 7.92. The Kier molecular flexibility index (Phi) is 2.44. The van der Waals surface area contributed by atoms with Crippen LogP contribution in [0.3, 0.4) is 0 Å². The van der Waals surface area contributed by atoms with E-state index in [1.54, 1.807) is 0 Å². The second kappa shape index (κ2) is 3.01. The van der Waals surface area contributed by atoms with Crippen LogP contribution in [-0.2, 0) is 9.84 Å². The smallest absolute Gasteiger partial charge is 0.170 e. The molecule has 0 amide bonds. The van der Waals surface area contributed by atoms with E-state index in [9.17, 15) is 8.42 Å². The van der Waals surface area contributed by atoms with Gasteiger partial charge in [-0.15, -0.1) is 0 Å². The molecule has 1 unspecified atom stereocenters. The molecule has 0 saturated heterocycles. The monoisotopic (exact) mass is 222 g/mol. The van der Waals surface area contributed by atoms with Gasteiger partial charge in [-0.1, -0.05) is 11.6 Å². The highest BCUT2D eigenvalue weighted by Gasteiger charge is 2.36. The Morgan fingerprint density at radius 3 is 2.54 bits per heavy atom. The Morgan fingerprint density at radius 1 is 1.62 bits per heavy atom. The predicted octanol–water partition coefficient (Wildman–Crippen LogP) is 0.0550. The minimum Gasteiger partial charge on any atom is -0.401 e. The molecule has 74 valence electrons. The van der Waals surface area contributed by atoms with Crippen LogP contribution >= 0.6 is 11.6 Å². The third kappa shape index (κ3) is 1.87. The number of allylic oxidation sites excluding steroid dienone is 2. The standard InChI is InChI=1S/C7H11ClN2O2S/c1-13(11,12)7(10)3-2-5(8)6(9)4-7/h2-3H,4,9-10H2,1H3. The van der Waals surface area contributed by atoms with Crippen molar-refractivity contribution in [1.29, 1.82) is 0 Å². The number of nitrogens with two attached hydrogens (primary N) is 2. The predicted molar refractivity (Wildman–Crippen MR) is 52.6 cm³/mol. The van der Waals surface area contributed by atoms with E-state index in [-0.39, 0.29) is 6.42 Å². The molecule has 0 bridgehead atoms. The van der Waals surface area contributed by atoms with Gasteiger partial charge in [-0.05, 0) is 12.2 Å². The highest BCUT2D eigenvalue weighted by atomic mass is 35.5. The SMILES string of the molecule is CS(=O)(=O)C1(N)C=CC(Cl)=C(N)C1. The molecule has 1 aliphatic rings. The molecule has 0 aromatic heterocycles. The summed E-state index contributed by atoms with van der Waals surface area (Å²) in [6.07, 6.45) is 3.90. The van der Waals surface area contributed by atoms with Crippen molar-refractivity contribution in [1.82, 2.24) is 0 Å². The van der Waals surface area contributed by atoms with Crippen LogP contribution in [0.1, 0.15) is 6.42 Å². The zero-order valence-corrected chi connectivity index (χ0v) is 8.69. The topological polar surface area (TPSA) is 86.2 Å². The number of halogens is 1. The molecule has 0 fully saturated rings. The minimum absolute atomic E-state index is 0.0428. The summed E-state index contributed by atoms with van der Waals surface area (Å²) in [6, 6.07) is 0. The molecule has 0 radical (unpaired) electrons. The quantitative estimate of drug-likeness (QED) is 0.657. The van der Waals surface area contributed by atoms with Crippen LogP contribution in [0.5, 0.6) is 0 Å². The second-order valence-electron chi connectivity index (χ2n) is 3.11. The van der Waals surface area contributed by atoms with Crippen molar-refractivity contribution in [2.45, 2.75) is 11.3 Å². The van der Waals surface area contributed by atoms with Crippen LogP contribution in [0.2, 0.25) is 0 Å². The van der Waals surface area contributed by atoms with Crippen molar-refractivity contribution in [3.05, 3.63) is 22.9 Å². The average Bonchev–Trinajstić information content (AvgIpc) is 1.95. The van der Waals surface area contributed by atoms with Gasteiger partial charge in [-0.25, -0.2) is 8.42 Å². The van der Waals surface area contributed by atoms with E-state index in [2.05, 4.69) is 0 Å². The van der Waals surface area contributed by atoms with Gasteiger partial charge in [0.2, 0.25) is 0 Å². The summed E-state index contributed by atoms with van der Waals surface area (Å²) in [5.41, 5.74) is 11.4. The zero-order chi connectivity index (χ0) is 10.3. The molecule has 4 nitrogen and oxygen atoms in total. The lowest BCUT2D eigenvalue weighted by atomic mass is 10.1. The van der Waals surface area contributed by atoms with Crippen molar-refractivity contribution < 1.29 is 8.42 Å². The third-order valence-electron chi connectivity index (χ3n) is 1.98. The van der Waals surface area contributed by atoms with Crippen molar-refractivity contribution in [3.8, 4) is 0 Å². The van der Waals surface area contributed by atoms with Gasteiger partial charge >= 0.3 is 0 Å². The van der Waals surface area contributed by atoms with Crippen molar-refractivity contribution in [2.24, 2.45) is 11.5 Å². The molecule has 0 heterocycles. The molecule has 0 spiro atoms. The van der Waals surface area contributed by atoms with Gasteiger partial charge in [0, 0.05) is 18.4 Å².